The first-order chi connectivity index (χ1) is 8.25. The lowest BCUT2D eigenvalue weighted by molar-refractivity contribution is 0.412. The fourth-order valence-corrected chi connectivity index (χ4v) is 2.45. The monoisotopic (exact) mass is 252 g/mol. The van der Waals surface area contributed by atoms with E-state index >= 15 is 0 Å². The maximum Gasteiger partial charge on any atom is 0.166 e. The van der Waals surface area contributed by atoms with Crippen molar-refractivity contribution in [2.75, 3.05) is 0 Å². The first-order valence-corrected chi connectivity index (χ1v) is 6.70. The van der Waals surface area contributed by atoms with Gasteiger partial charge in [-0.3, -0.25) is 5.10 Å². The number of aromatic nitrogens is 2. The Morgan fingerprint density at radius 1 is 1.47 bits per heavy atom. The predicted molar refractivity (Wildman–Crippen MR) is 72.8 cm³/mol. The molecule has 0 saturated heterocycles. The first kappa shape index (κ1) is 12.4. The second-order valence-electron chi connectivity index (χ2n) is 4.68. The van der Waals surface area contributed by atoms with Crippen molar-refractivity contribution < 1.29 is 0 Å². The molecular weight excluding hydrogens is 232 g/mol. The Morgan fingerprint density at radius 3 is 2.88 bits per heavy atom. The van der Waals surface area contributed by atoms with Crippen LogP contribution < -0.4 is 10.6 Å². The minimum absolute atomic E-state index is 0.564. The number of hydrogen-bond donors (Lipinski definition) is 3. The summed E-state index contributed by atoms with van der Waals surface area (Å²) >= 11 is 5.30. The number of thiocarbonyl (C=S) groups is 1. The number of H-pyrrole nitrogens is 1. The molecule has 1 aromatic heterocycles. The molecule has 0 aromatic carbocycles. The standard InChI is InChI=1S/C12H20N4S/c1-9-10(8-14-16-9)7-13-12(17)15-11-5-3-2-4-6-11/h8,11H,2-7H2,1H3,(H,14,16)(H2,13,15,17). The van der Waals surface area contributed by atoms with Crippen LogP contribution in [0.15, 0.2) is 6.20 Å². The van der Waals surface area contributed by atoms with Gasteiger partial charge in [0.25, 0.3) is 0 Å². The lowest BCUT2D eigenvalue weighted by Crippen LogP contribution is -2.42. The van der Waals surface area contributed by atoms with E-state index in [0.717, 1.165) is 22.9 Å². The van der Waals surface area contributed by atoms with Crippen molar-refractivity contribution in [2.24, 2.45) is 0 Å². The van der Waals surface area contributed by atoms with Crippen molar-refractivity contribution in [2.45, 2.75) is 51.6 Å². The van der Waals surface area contributed by atoms with E-state index in [9.17, 15) is 0 Å². The highest BCUT2D eigenvalue weighted by Crippen LogP contribution is 2.17. The van der Waals surface area contributed by atoms with Crippen molar-refractivity contribution in [3.05, 3.63) is 17.5 Å². The summed E-state index contributed by atoms with van der Waals surface area (Å²) in [5.41, 5.74) is 2.26. The molecule has 0 bridgehead atoms. The molecule has 2 rings (SSSR count). The van der Waals surface area contributed by atoms with Crippen LogP contribution in [0.25, 0.3) is 0 Å². The molecule has 1 fully saturated rings. The van der Waals surface area contributed by atoms with E-state index in [4.69, 9.17) is 12.2 Å². The van der Waals surface area contributed by atoms with Gasteiger partial charge in [0.05, 0.1) is 6.20 Å². The summed E-state index contributed by atoms with van der Waals surface area (Å²) in [4.78, 5) is 0. The van der Waals surface area contributed by atoms with Gasteiger partial charge in [-0.25, -0.2) is 0 Å². The third-order valence-electron chi connectivity index (χ3n) is 3.31. The molecular formula is C12H20N4S. The Hall–Kier alpha value is -1.10. The Bertz CT molecular complexity index is 368. The van der Waals surface area contributed by atoms with Gasteiger partial charge in [0, 0.05) is 23.8 Å². The largest absolute Gasteiger partial charge is 0.360 e. The zero-order valence-electron chi connectivity index (χ0n) is 10.3. The molecule has 0 radical (unpaired) electrons. The minimum Gasteiger partial charge on any atom is -0.360 e. The molecule has 1 aliphatic carbocycles. The predicted octanol–water partition coefficient (Wildman–Crippen LogP) is 2.01. The summed E-state index contributed by atoms with van der Waals surface area (Å²) in [6.45, 7) is 2.75. The molecule has 94 valence electrons. The van der Waals surface area contributed by atoms with Gasteiger partial charge in [-0.05, 0) is 32.0 Å². The second kappa shape index (κ2) is 6.00. The van der Waals surface area contributed by atoms with E-state index in [-0.39, 0.29) is 0 Å². The van der Waals surface area contributed by atoms with Crippen LogP contribution in [-0.4, -0.2) is 21.4 Å². The fourth-order valence-electron chi connectivity index (χ4n) is 2.21. The zero-order chi connectivity index (χ0) is 12.1. The van der Waals surface area contributed by atoms with Gasteiger partial charge in [0.15, 0.2) is 5.11 Å². The molecule has 5 heteroatoms. The molecule has 1 saturated carbocycles. The molecule has 0 aliphatic heterocycles. The summed E-state index contributed by atoms with van der Waals surface area (Å²) in [5, 5.41) is 14.3. The van der Waals surface area contributed by atoms with Gasteiger partial charge >= 0.3 is 0 Å². The Labute approximate surface area is 108 Å². The number of aryl methyl sites for hydroxylation is 1. The molecule has 17 heavy (non-hydrogen) atoms. The second-order valence-corrected chi connectivity index (χ2v) is 5.09. The highest BCUT2D eigenvalue weighted by Gasteiger charge is 2.13. The molecule has 1 heterocycles. The van der Waals surface area contributed by atoms with Gasteiger partial charge in [-0.2, -0.15) is 5.10 Å². The third-order valence-corrected chi connectivity index (χ3v) is 3.58. The van der Waals surface area contributed by atoms with Crippen molar-refractivity contribution in [1.29, 1.82) is 0 Å². The van der Waals surface area contributed by atoms with E-state index in [2.05, 4.69) is 20.8 Å². The summed E-state index contributed by atoms with van der Waals surface area (Å²) < 4.78 is 0. The zero-order valence-corrected chi connectivity index (χ0v) is 11.1. The lowest BCUT2D eigenvalue weighted by Gasteiger charge is -2.24. The van der Waals surface area contributed by atoms with Crippen LogP contribution >= 0.6 is 12.2 Å². The van der Waals surface area contributed by atoms with Crippen LogP contribution in [0.1, 0.15) is 43.4 Å². The smallest absolute Gasteiger partial charge is 0.166 e. The SMILES string of the molecule is Cc1[nH]ncc1CNC(=S)NC1CCCCC1. The number of hydrogen-bond acceptors (Lipinski definition) is 2. The number of rotatable bonds is 3. The molecule has 0 unspecified atom stereocenters. The van der Waals surface area contributed by atoms with Gasteiger partial charge in [-0.1, -0.05) is 19.3 Å². The van der Waals surface area contributed by atoms with Gasteiger partial charge < -0.3 is 10.6 Å². The van der Waals surface area contributed by atoms with Crippen LogP contribution in [0.2, 0.25) is 0 Å². The number of nitrogens with zero attached hydrogens (tertiary/aromatic N) is 1. The van der Waals surface area contributed by atoms with Crippen LogP contribution in [0, 0.1) is 6.92 Å². The van der Waals surface area contributed by atoms with Gasteiger partial charge in [0.1, 0.15) is 0 Å². The molecule has 3 N–H and O–H groups in total. The number of nitrogens with one attached hydrogen (secondary N) is 3. The molecule has 1 aliphatic rings. The third kappa shape index (κ3) is 3.70. The molecule has 1 aromatic rings. The van der Waals surface area contributed by atoms with Crippen molar-refractivity contribution >= 4 is 17.3 Å². The highest BCUT2D eigenvalue weighted by molar-refractivity contribution is 7.80. The van der Waals surface area contributed by atoms with Crippen molar-refractivity contribution in [1.82, 2.24) is 20.8 Å². The van der Waals surface area contributed by atoms with Crippen molar-refractivity contribution in [3.63, 3.8) is 0 Å². The van der Waals surface area contributed by atoms with Crippen LogP contribution in [0.4, 0.5) is 0 Å². The van der Waals surface area contributed by atoms with Gasteiger partial charge in [0.2, 0.25) is 0 Å². The molecule has 4 nitrogen and oxygen atoms in total. The minimum atomic E-state index is 0.564. The Morgan fingerprint density at radius 2 is 2.24 bits per heavy atom. The normalized spacial score (nSPS) is 16.8. The Kier molecular flexibility index (Phi) is 4.36. The van der Waals surface area contributed by atoms with Crippen LogP contribution in [0.5, 0.6) is 0 Å². The van der Waals surface area contributed by atoms with E-state index in [0.29, 0.717) is 6.04 Å². The summed E-state index contributed by atoms with van der Waals surface area (Å²) in [7, 11) is 0. The maximum absolute atomic E-state index is 5.30. The summed E-state index contributed by atoms with van der Waals surface area (Å²) in [5.74, 6) is 0. The number of aromatic amines is 1. The summed E-state index contributed by atoms with van der Waals surface area (Å²) in [6, 6.07) is 0.564. The van der Waals surface area contributed by atoms with E-state index < -0.39 is 0 Å². The summed E-state index contributed by atoms with van der Waals surface area (Å²) in [6.07, 6.45) is 8.33. The topological polar surface area (TPSA) is 52.7 Å². The van der Waals surface area contributed by atoms with Gasteiger partial charge in [-0.15, -0.1) is 0 Å². The van der Waals surface area contributed by atoms with Crippen LogP contribution in [0.3, 0.4) is 0 Å². The quantitative estimate of drug-likeness (QED) is 0.720. The average molecular weight is 252 g/mol. The molecule has 0 spiro atoms. The average Bonchev–Trinajstić information content (AvgIpc) is 2.74. The lowest BCUT2D eigenvalue weighted by atomic mass is 9.96. The maximum atomic E-state index is 5.30. The molecule has 0 atom stereocenters. The van der Waals surface area contributed by atoms with E-state index in [1.165, 1.54) is 32.1 Å². The van der Waals surface area contributed by atoms with Crippen LogP contribution in [-0.2, 0) is 6.54 Å². The highest BCUT2D eigenvalue weighted by atomic mass is 32.1. The van der Waals surface area contributed by atoms with Crippen molar-refractivity contribution in [3.8, 4) is 0 Å². The fraction of sp³-hybridized carbons (Fsp3) is 0.667. The molecule has 0 amide bonds. The van der Waals surface area contributed by atoms with E-state index in [1.807, 2.05) is 13.1 Å². The first-order valence-electron chi connectivity index (χ1n) is 6.29. The van der Waals surface area contributed by atoms with E-state index in [1.54, 1.807) is 0 Å². The Balaban J connectivity index is 1.72.